The number of thiophene rings is 1. The van der Waals surface area contributed by atoms with E-state index >= 15 is 0 Å². The molecule has 4 nitrogen and oxygen atoms in total. The number of benzene rings is 1. The van der Waals surface area contributed by atoms with E-state index < -0.39 is 12.0 Å². The molecule has 112 valence electrons. The monoisotopic (exact) mass is 376 g/mol. The lowest BCUT2D eigenvalue weighted by Crippen LogP contribution is -2.44. The molecule has 0 amide bonds. The highest BCUT2D eigenvalue weighted by atomic mass is 79.9. The molecule has 2 aromatic heterocycles. The van der Waals surface area contributed by atoms with E-state index in [9.17, 15) is 9.90 Å². The zero-order valence-corrected chi connectivity index (χ0v) is 13.9. The minimum atomic E-state index is -0.809. The van der Waals surface area contributed by atoms with Gasteiger partial charge >= 0.3 is 5.97 Å². The number of para-hydroxylation sites is 1. The fraction of sp³-hybridized carbons (Fsp3) is 0.188. The molecular formula is C16H13BrN2O2S. The Morgan fingerprint density at radius 3 is 2.82 bits per heavy atom. The summed E-state index contributed by atoms with van der Waals surface area (Å²) < 4.78 is 1.04. The molecule has 1 aliphatic rings. The number of H-pyrrole nitrogens is 1. The Kier molecular flexibility index (Phi) is 3.32. The van der Waals surface area contributed by atoms with Gasteiger partial charge < -0.3 is 10.1 Å². The van der Waals surface area contributed by atoms with Gasteiger partial charge in [-0.3, -0.25) is 10.1 Å². The summed E-state index contributed by atoms with van der Waals surface area (Å²) in [6.45, 7) is 0. The molecule has 1 aromatic carbocycles. The number of nitrogens with one attached hydrogen (secondary N) is 2. The van der Waals surface area contributed by atoms with Gasteiger partial charge in [-0.25, -0.2) is 0 Å². The van der Waals surface area contributed by atoms with Gasteiger partial charge in [0.1, 0.15) is 6.04 Å². The highest BCUT2D eigenvalue weighted by Gasteiger charge is 2.34. The lowest BCUT2D eigenvalue weighted by Gasteiger charge is -2.28. The summed E-state index contributed by atoms with van der Waals surface area (Å²) in [5.74, 6) is -0.809. The van der Waals surface area contributed by atoms with Crippen molar-refractivity contribution in [1.82, 2.24) is 10.3 Å². The molecular weight excluding hydrogens is 364 g/mol. The summed E-state index contributed by atoms with van der Waals surface area (Å²) in [4.78, 5) is 16.1. The molecule has 3 aromatic rings. The smallest absolute Gasteiger partial charge is 0.321 e. The molecule has 3 N–H and O–H groups in total. The van der Waals surface area contributed by atoms with Crippen molar-refractivity contribution in [3.05, 3.63) is 56.3 Å². The van der Waals surface area contributed by atoms with Crippen molar-refractivity contribution in [2.45, 2.75) is 18.5 Å². The standard InChI is InChI=1S/C16H13BrN2O2S/c17-13-6-5-12(22-13)15-14-9(7-11(19-15)16(20)21)8-3-1-2-4-10(8)18-14/h1-6,11,15,18-19H,7H2,(H,20,21). The van der Waals surface area contributed by atoms with Crippen molar-refractivity contribution in [2.75, 3.05) is 0 Å². The highest BCUT2D eigenvalue weighted by molar-refractivity contribution is 9.11. The maximum absolute atomic E-state index is 11.5. The molecule has 0 saturated heterocycles. The second kappa shape index (κ2) is 5.22. The van der Waals surface area contributed by atoms with Crippen molar-refractivity contribution >= 4 is 44.1 Å². The Balaban J connectivity index is 1.91. The lowest BCUT2D eigenvalue weighted by atomic mass is 9.93. The number of carboxylic acids is 1. The van der Waals surface area contributed by atoms with Gasteiger partial charge in [0, 0.05) is 27.9 Å². The van der Waals surface area contributed by atoms with E-state index in [1.165, 1.54) is 0 Å². The Hall–Kier alpha value is -1.63. The molecule has 6 heteroatoms. The molecule has 22 heavy (non-hydrogen) atoms. The molecule has 4 rings (SSSR count). The summed E-state index contributed by atoms with van der Waals surface area (Å²) in [7, 11) is 0. The molecule has 2 atom stereocenters. The molecule has 3 heterocycles. The Morgan fingerprint density at radius 1 is 1.27 bits per heavy atom. The summed E-state index contributed by atoms with van der Waals surface area (Å²) in [6, 6.07) is 11.4. The first kappa shape index (κ1) is 14.0. The first-order valence-electron chi connectivity index (χ1n) is 6.97. The van der Waals surface area contributed by atoms with Crippen LogP contribution in [0.2, 0.25) is 0 Å². The number of halogens is 1. The van der Waals surface area contributed by atoms with Gasteiger partial charge in [0.2, 0.25) is 0 Å². The second-order valence-electron chi connectivity index (χ2n) is 5.40. The van der Waals surface area contributed by atoms with E-state index in [0.717, 1.165) is 30.8 Å². The number of aromatic nitrogens is 1. The van der Waals surface area contributed by atoms with Crippen molar-refractivity contribution in [2.24, 2.45) is 0 Å². The van der Waals surface area contributed by atoms with Gasteiger partial charge in [0.15, 0.2) is 0 Å². The van der Waals surface area contributed by atoms with Crippen LogP contribution in [0.25, 0.3) is 10.9 Å². The van der Waals surface area contributed by atoms with Crippen molar-refractivity contribution in [1.29, 1.82) is 0 Å². The Labute approximate surface area is 139 Å². The molecule has 2 unspecified atom stereocenters. The maximum atomic E-state index is 11.5. The molecule has 0 fully saturated rings. The number of aromatic amines is 1. The van der Waals surface area contributed by atoms with Crippen molar-refractivity contribution in [3.63, 3.8) is 0 Å². The summed E-state index contributed by atoms with van der Waals surface area (Å²) >= 11 is 5.10. The highest BCUT2D eigenvalue weighted by Crippen LogP contribution is 2.38. The molecule has 0 aliphatic carbocycles. The molecule has 0 bridgehead atoms. The minimum absolute atomic E-state index is 0.117. The van der Waals surface area contributed by atoms with Gasteiger partial charge in [0.05, 0.1) is 9.83 Å². The van der Waals surface area contributed by atoms with Crippen molar-refractivity contribution in [3.8, 4) is 0 Å². The normalized spacial score (nSPS) is 21.0. The van der Waals surface area contributed by atoms with Crippen LogP contribution in [0.3, 0.4) is 0 Å². The van der Waals surface area contributed by atoms with E-state index in [2.05, 4.69) is 32.3 Å². The van der Waals surface area contributed by atoms with E-state index in [-0.39, 0.29) is 6.04 Å². The van der Waals surface area contributed by atoms with Gasteiger partial charge in [-0.1, -0.05) is 18.2 Å². The zero-order chi connectivity index (χ0) is 15.3. The van der Waals surface area contributed by atoms with Crippen LogP contribution in [0, 0.1) is 0 Å². The quantitative estimate of drug-likeness (QED) is 0.638. The molecule has 0 spiro atoms. The predicted octanol–water partition coefficient (Wildman–Crippen LogP) is 3.68. The van der Waals surface area contributed by atoms with Crippen molar-refractivity contribution < 1.29 is 9.90 Å². The number of aliphatic carboxylic acids is 1. The van der Waals surface area contributed by atoms with Crippen LogP contribution in [0.15, 0.2) is 40.2 Å². The van der Waals surface area contributed by atoms with E-state index in [1.54, 1.807) is 11.3 Å². The lowest BCUT2D eigenvalue weighted by molar-refractivity contribution is -0.139. The number of carboxylic acid groups (broad SMARTS) is 1. The van der Waals surface area contributed by atoms with Gasteiger partial charge in [0.25, 0.3) is 0 Å². The topological polar surface area (TPSA) is 65.1 Å². The minimum Gasteiger partial charge on any atom is -0.480 e. The SMILES string of the molecule is O=C(O)C1Cc2c([nH]c3ccccc23)C(c2ccc(Br)s2)N1. The van der Waals surface area contributed by atoms with Crippen LogP contribution < -0.4 is 5.32 Å². The molecule has 0 saturated carbocycles. The fourth-order valence-electron chi connectivity index (χ4n) is 3.10. The van der Waals surface area contributed by atoms with E-state index in [4.69, 9.17) is 0 Å². The summed E-state index contributed by atoms with van der Waals surface area (Å²) in [5.41, 5.74) is 3.24. The summed E-state index contributed by atoms with van der Waals surface area (Å²) in [5, 5.41) is 13.8. The third kappa shape index (κ3) is 2.18. The van der Waals surface area contributed by atoms with Crippen LogP contribution in [0.4, 0.5) is 0 Å². The first-order valence-corrected chi connectivity index (χ1v) is 8.58. The molecule has 1 aliphatic heterocycles. The van der Waals surface area contributed by atoms with Gasteiger partial charge in [-0.05, 0) is 39.7 Å². The fourth-order valence-corrected chi connectivity index (χ4v) is 4.60. The second-order valence-corrected chi connectivity index (χ2v) is 7.89. The third-order valence-corrected chi connectivity index (χ3v) is 5.78. The van der Waals surface area contributed by atoms with E-state index in [1.807, 2.05) is 30.3 Å². The zero-order valence-electron chi connectivity index (χ0n) is 11.5. The van der Waals surface area contributed by atoms with Crippen LogP contribution >= 0.6 is 27.3 Å². The third-order valence-electron chi connectivity index (χ3n) is 4.09. The number of rotatable bonds is 2. The number of carbonyl (C=O) groups is 1. The summed E-state index contributed by atoms with van der Waals surface area (Å²) in [6.07, 6.45) is 0.498. The van der Waals surface area contributed by atoms with Crippen LogP contribution in [-0.4, -0.2) is 22.1 Å². The van der Waals surface area contributed by atoms with Gasteiger partial charge in [-0.2, -0.15) is 0 Å². The van der Waals surface area contributed by atoms with Crippen LogP contribution in [0.1, 0.15) is 22.2 Å². The first-order chi connectivity index (χ1) is 10.6. The average molecular weight is 377 g/mol. The predicted molar refractivity (Wildman–Crippen MR) is 90.4 cm³/mol. The largest absolute Gasteiger partial charge is 0.480 e. The van der Waals surface area contributed by atoms with E-state index in [0.29, 0.717) is 6.42 Å². The number of hydrogen-bond acceptors (Lipinski definition) is 3. The Morgan fingerprint density at radius 2 is 2.09 bits per heavy atom. The number of fused-ring (bicyclic) bond motifs is 3. The molecule has 0 radical (unpaired) electrons. The Bertz CT molecular complexity index is 870. The van der Waals surface area contributed by atoms with Gasteiger partial charge in [-0.15, -0.1) is 11.3 Å². The van der Waals surface area contributed by atoms with Crippen LogP contribution in [0.5, 0.6) is 0 Å². The average Bonchev–Trinajstić information content (AvgIpc) is 3.09. The number of hydrogen-bond donors (Lipinski definition) is 3. The van der Waals surface area contributed by atoms with Crippen LogP contribution in [-0.2, 0) is 11.2 Å². The maximum Gasteiger partial charge on any atom is 0.321 e.